The molecule has 0 saturated carbocycles. The van der Waals surface area contributed by atoms with Gasteiger partial charge in [0.15, 0.2) is 0 Å². The number of aromatic nitrogens is 1. The van der Waals surface area contributed by atoms with Crippen LogP contribution in [0.3, 0.4) is 0 Å². The van der Waals surface area contributed by atoms with Gasteiger partial charge in [-0.15, -0.1) is 0 Å². The van der Waals surface area contributed by atoms with Gasteiger partial charge in [0.1, 0.15) is 5.69 Å². The van der Waals surface area contributed by atoms with Crippen molar-refractivity contribution in [1.82, 2.24) is 4.57 Å². The molecule has 104 valence electrons. The Morgan fingerprint density at radius 3 is 2.75 bits per heavy atom. The van der Waals surface area contributed by atoms with Gasteiger partial charge in [0, 0.05) is 12.1 Å². The van der Waals surface area contributed by atoms with Crippen molar-refractivity contribution >= 4 is 5.69 Å². The quantitative estimate of drug-likeness (QED) is 0.633. The van der Waals surface area contributed by atoms with Gasteiger partial charge in [0.2, 0.25) is 5.75 Å². The number of fused-ring (bicyclic) bond motifs is 1. The molecule has 0 amide bonds. The van der Waals surface area contributed by atoms with Crippen LogP contribution in [0.25, 0.3) is 11.3 Å². The second-order valence-corrected chi connectivity index (χ2v) is 4.78. The Hall–Kier alpha value is -2.30. The normalized spacial score (nSPS) is 13.2. The Morgan fingerprint density at radius 1 is 1.35 bits per heavy atom. The highest BCUT2D eigenvalue weighted by atomic mass is 16.6. The molecule has 1 aromatic heterocycles. The molecule has 2 aromatic rings. The summed E-state index contributed by atoms with van der Waals surface area (Å²) in [7, 11) is 0. The second kappa shape index (κ2) is 5.00. The van der Waals surface area contributed by atoms with E-state index in [0.29, 0.717) is 12.4 Å². The zero-order chi connectivity index (χ0) is 14.1. The molecular weight excluding hydrogens is 256 g/mol. The molecule has 0 unspecified atom stereocenters. The summed E-state index contributed by atoms with van der Waals surface area (Å²) in [6.45, 7) is 3.08. The minimum atomic E-state index is -0.311. The minimum Gasteiger partial charge on any atom is -0.486 e. The third kappa shape index (κ3) is 1.86. The number of benzene rings is 1. The van der Waals surface area contributed by atoms with Crippen molar-refractivity contribution in [2.75, 3.05) is 6.61 Å². The van der Waals surface area contributed by atoms with Crippen LogP contribution in [-0.2, 0) is 13.0 Å². The number of nitrogens with zero attached hydrogens (tertiary/aromatic N) is 2. The van der Waals surface area contributed by atoms with E-state index < -0.39 is 0 Å². The lowest BCUT2D eigenvalue weighted by molar-refractivity contribution is -0.386. The van der Waals surface area contributed by atoms with Crippen LogP contribution in [0.5, 0.6) is 5.75 Å². The number of hydrogen-bond donors (Lipinski definition) is 0. The lowest BCUT2D eigenvalue weighted by atomic mass is 10.1. The van der Waals surface area contributed by atoms with Crippen molar-refractivity contribution in [1.29, 1.82) is 0 Å². The molecule has 20 heavy (non-hydrogen) atoms. The van der Waals surface area contributed by atoms with Gasteiger partial charge in [-0.3, -0.25) is 10.1 Å². The molecule has 3 rings (SSSR count). The van der Waals surface area contributed by atoms with E-state index in [1.807, 2.05) is 41.8 Å². The third-order valence-electron chi connectivity index (χ3n) is 3.61. The summed E-state index contributed by atoms with van der Waals surface area (Å²) in [6, 6.07) is 9.74. The minimum absolute atomic E-state index is 0.142. The summed E-state index contributed by atoms with van der Waals surface area (Å²) in [6.07, 6.45) is 1.69. The van der Waals surface area contributed by atoms with Gasteiger partial charge in [-0.05, 0) is 19.8 Å². The SMILES string of the molecule is CCOc1c([N+](=O)[O-])c2n(c1-c1ccccc1)CCC2. The smallest absolute Gasteiger partial charge is 0.332 e. The highest BCUT2D eigenvalue weighted by molar-refractivity contribution is 5.76. The first kappa shape index (κ1) is 12.7. The standard InChI is InChI=1S/C15H16N2O3/c1-2-20-15-13(11-7-4-3-5-8-11)16-10-6-9-12(16)14(15)17(18)19/h3-5,7-8H,2,6,9-10H2,1H3. The van der Waals surface area contributed by atoms with Crippen molar-refractivity contribution < 1.29 is 9.66 Å². The zero-order valence-corrected chi connectivity index (χ0v) is 11.3. The monoisotopic (exact) mass is 272 g/mol. The molecule has 0 atom stereocenters. The van der Waals surface area contributed by atoms with E-state index in [9.17, 15) is 10.1 Å². The van der Waals surface area contributed by atoms with E-state index in [1.165, 1.54) is 0 Å². The highest BCUT2D eigenvalue weighted by Crippen LogP contribution is 2.46. The molecule has 1 aliphatic heterocycles. The fourth-order valence-corrected chi connectivity index (χ4v) is 2.89. The molecule has 5 nitrogen and oxygen atoms in total. The van der Waals surface area contributed by atoms with E-state index in [4.69, 9.17) is 4.74 Å². The maximum atomic E-state index is 11.4. The molecule has 0 radical (unpaired) electrons. The summed E-state index contributed by atoms with van der Waals surface area (Å²) in [5, 5.41) is 11.4. The fourth-order valence-electron chi connectivity index (χ4n) is 2.89. The molecule has 5 heteroatoms. The molecule has 0 fully saturated rings. The second-order valence-electron chi connectivity index (χ2n) is 4.78. The zero-order valence-electron chi connectivity index (χ0n) is 11.3. The van der Waals surface area contributed by atoms with E-state index in [1.54, 1.807) is 0 Å². The van der Waals surface area contributed by atoms with Gasteiger partial charge in [0.25, 0.3) is 0 Å². The Balaban J connectivity index is 2.27. The summed E-state index contributed by atoms with van der Waals surface area (Å²) >= 11 is 0. The van der Waals surface area contributed by atoms with Crippen LogP contribution in [0.15, 0.2) is 30.3 Å². The van der Waals surface area contributed by atoms with Gasteiger partial charge in [-0.25, -0.2) is 0 Å². The van der Waals surface area contributed by atoms with Gasteiger partial charge < -0.3 is 9.30 Å². The van der Waals surface area contributed by atoms with Crippen LogP contribution in [0.4, 0.5) is 5.69 Å². The molecule has 1 aromatic carbocycles. The summed E-state index contributed by atoms with van der Waals surface area (Å²) in [4.78, 5) is 11.1. The number of ether oxygens (including phenoxy) is 1. The van der Waals surface area contributed by atoms with Gasteiger partial charge in [-0.1, -0.05) is 30.3 Å². The predicted molar refractivity (Wildman–Crippen MR) is 76.0 cm³/mol. The van der Waals surface area contributed by atoms with Crippen LogP contribution < -0.4 is 4.74 Å². The molecule has 0 N–H and O–H groups in total. The van der Waals surface area contributed by atoms with Crippen molar-refractivity contribution in [2.24, 2.45) is 0 Å². The Morgan fingerprint density at radius 2 is 2.10 bits per heavy atom. The Bertz CT molecular complexity index is 647. The molecule has 0 bridgehead atoms. The van der Waals surface area contributed by atoms with Crippen LogP contribution in [0.2, 0.25) is 0 Å². The Labute approximate surface area is 116 Å². The van der Waals surface area contributed by atoms with Crippen LogP contribution in [-0.4, -0.2) is 16.1 Å². The van der Waals surface area contributed by atoms with E-state index >= 15 is 0 Å². The maximum absolute atomic E-state index is 11.4. The molecule has 1 aliphatic rings. The Kier molecular flexibility index (Phi) is 3.18. The van der Waals surface area contributed by atoms with Gasteiger partial charge >= 0.3 is 5.69 Å². The number of hydrogen-bond acceptors (Lipinski definition) is 3. The molecule has 0 saturated heterocycles. The molecule has 0 aliphatic carbocycles. The number of nitro groups is 1. The molecular formula is C15H16N2O3. The maximum Gasteiger partial charge on any atom is 0.332 e. The van der Waals surface area contributed by atoms with Crippen molar-refractivity contribution in [3.05, 3.63) is 46.1 Å². The summed E-state index contributed by atoms with van der Waals surface area (Å²) in [5.74, 6) is 0.415. The van der Waals surface area contributed by atoms with Crippen molar-refractivity contribution in [3.8, 4) is 17.0 Å². The van der Waals surface area contributed by atoms with Gasteiger partial charge in [0.05, 0.1) is 17.2 Å². The van der Waals surface area contributed by atoms with Crippen molar-refractivity contribution in [2.45, 2.75) is 26.3 Å². The van der Waals surface area contributed by atoms with E-state index in [0.717, 1.165) is 36.3 Å². The van der Waals surface area contributed by atoms with Crippen LogP contribution >= 0.6 is 0 Å². The topological polar surface area (TPSA) is 57.3 Å². The first-order valence-corrected chi connectivity index (χ1v) is 6.82. The first-order chi connectivity index (χ1) is 9.74. The largest absolute Gasteiger partial charge is 0.486 e. The average molecular weight is 272 g/mol. The van der Waals surface area contributed by atoms with Crippen molar-refractivity contribution in [3.63, 3.8) is 0 Å². The molecule has 2 heterocycles. The lowest BCUT2D eigenvalue weighted by Crippen LogP contribution is -1.99. The van der Waals surface area contributed by atoms with Crippen LogP contribution in [0, 0.1) is 10.1 Å². The molecule has 0 spiro atoms. The summed E-state index contributed by atoms with van der Waals surface area (Å²) in [5.41, 5.74) is 2.74. The third-order valence-corrected chi connectivity index (χ3v) is 3.61. The lowest BCUT2D eigenvalue weighted by Gasteiger charge is -2.08. The average Bonchev–Trinajstić information content (AvgIpc) is 2.99. The first-order valence-electron chi connectivity index (χ1n) is 6.82. The van der Waals surface area contributed by atoms with E-state index in [2.05, 4.69) is 0 Å². The fraction of sp³-hybridized carbons (Fsp3) is 0.333. The van der Waals surface area contributed by atoms with Crippen LogP contribution in [0.1, 0.15) is 19.0 Å². The number of rotatable bonds is 4. The van der Waals surface area contributed by atoms with E-state index in [-0.39, 0.29) is 10.6 Å². The predicted octanol–water partition coefficient (Wildman–Crippen LogP) is 3.41. The van der Waals surface area contributed by atoms with Gasteiger partial charge in [-0.2, -0.15) is 0 Å². The summed E-state index contributed by atoms with van der Waals surface area (Å²) < 4.78 is 7.66. The highest BCUT2D eigenvalue weighted by Gasteiger charge is 2.35.